The summed E-state index contributed by atoms with van der Waals surface area (Å²) in [5, 5.41) is 0.666. The first-order valence-electron chi connectivity index (χ1n) is 11.9. The number of thiazole rings is 1. The molecule has 2 aromatic carbocycles. The Bertz CT molecular complexity index is 1240. The Morgan fingerprint density at radius 2 is 1.91 bits per heavy atom. The summed E-state index contributed by atoms with van der Waals surface area (Å²) in [7, 11) is 0. The number of benzene rings is 2. The molecule has 0 aliphatic carbocycles. The van der Waals surface area contributed by atoms with Crippen molar-refractivity contribution < 1.29 is 18.7 Å². The van der Waals surface area contributed by atoms with Gasteiger partial charge in [0.15, 0.2) is 5.13 Å². The predicted molar refractivity (Wildman–Crippen MR) is 136 cm³/mol. The van der Waals surface area contributed by atoms with Crippen LogP contribution < -0.4 is 9.80 Å². The fourth-order valence-electron chi connectivity index (χ4n) is 4.66. The third-order valence-electron chi connectivity index (χ3n) is 6.93. The lowest BCUT2D eigenvalue weighted by Gasteiger charge is -2.30. The number of morpholine rings is 1. The molecule has 5 rings (SSSR count). The molecule has 1 aromatic heterocycles. The summed E-state index contributed by atoms with van der Waals surface area (Å²) in [6.07, 6.45) is 0.132. The van der Waals surface area contributed by atoms with Crippen LogP contribution in [0.3, 0.4) is 0 Å². The van der Waals surface area contributed by atoms with Crippen LogP contribution in [0.4, 0.5) is 15.2 Å². The van der Waals surface area contributed by atoms with Gasteiger partial charge in [-0.25, -0.2) is 9.37 Å². The number of nitrogens with zero attached hydrogens (tertiary/aromatic N) is 4. The Balaban J connectivity index is 1.41. The molecule has 2 aliphatic rings. The molecule has 9 heteroatoms. The lowest BCUT2D eigenvalue weighted by atomic mass is 10.1. The van der Waals surface area contributed by atoms with Gasteiger partial charge in [-0.3, -0.25) is 19.4 Å². The van der Waals surface area contributed by atoms with Gasteiger partial charge in [-0.15, -0.1) is 0 Å². The first kappa shape index (κ1) is 23.8. The molecular weight excluding hydrogens is 467 g/mol. The number of amides is 2. The van der Waals surface area contributed by atoms with E-state index in [1.165, 1.54) is 23.5 Å². The van der Waals surface area contributed by atoms with Crippen LogP contribution in [0.5, 0.6) is 0 Å². The normalized spacial score (nSPS) is 19.0. The van der Waals surface area contributed by atoms with Gasteiger partial charge in [0, 0.05) is 44.8 Å². The molecule has 3 heterocycles. The largest absolute Gasteiger partial charge is 0.379 e. The van der Waals surface area contributed by atoms with Gasteiger partial charge in [-0.2, -0.15) is 0 Å². The van der Waals surface area contributed by atoms with Crippen molar-refractivity contribution in [3.63, 3.8) is 0 Å². The van der Waals surface area contributed by atoms with E-state index >= 15 is 0 Å². The average molecular weight is 497 g/mol. The number of anilines is 2. The Kier molecular flexibility index (Phi) is 6.82. The minimum atomic E-state index is -0.480. The van der Waals surface area contributed by atoms with Gasteiger partial charge >= 0.3 is 0 Å². The first-order valence-corrected chi connectivity index (χ1v) is 12.8. The molecule has 2 amide bonds. The Labute approximate surface area is 208 Å². The van der Waals surface area contributed by atoms with Crippen molar-refractivity contribution in [2.45, 2.75) is 20.3 Å². The van der Waals surface area contributed by atoms with E-state index in [4.69, 9.17) is 9.72 Å². The topological polar surface area (TPSA) is 66.0 Å². The van der Waals surface area contributed by atoms with Crippen molar-refractivity contribution in [1.29, 1.82) is 0 Å². The van der Waals surface area contributed by atoms with Crippen molar-refractivity contribution in [3.05, 3.63) is 53.3 Å². The monoisotopic (exact) mass is 496 g/mol. The highest BCUT2D eigenvalue weighted by Gasteiger charge is 2.38. The summed E-state index contributed by atoms with van der Waals surface area (Å²) in [6, 6.07) is 9.95. The summed E-state index contributed by atoms with van der Waals surface area (Å²) >= 11 is 1.51. The van der Waals surface area contributed by atoms with Crippen LogP contribution in [0.1, 0.15) is 17.5 Å². The minimum Gasteiger partial charge on any atom is -0.379 e. The molecule has 0 radical (unpaired) electrons. The highest BCUT2D eigenvalue weighted by molar-refractivity contribution is 7.22. The van der Waals surface area contributed by atoms with E-state index in [0.29, 0.717) is 37.1 Å². The minimum absolute atomic E-state index is 0.0929. The number of aromatic nitrogens is 1. The van der Waals surface area contributed by atoms with E-state index in [-0.39, 0.29) is 30.6 Å². The Morgan fingerprint density at radius 3 is 2.66 bits per heavy atom. The maximum atomic E-state index is 13.8. The Morgan fingerprint density at radius 1 is 1.17 bits per heavy atom. The standard InChI is InChI=1S/C26H29FN4O3S/c1-17-3-8-22-24(18(17)2)28-26(35-22)30(10-9-29-11-13-34-14-12-29)25(33)19-15-23(32)31(16-19)21-6-4-20(27)5-7-21/h3-8,19H,9-16H2,1-2H3. The molecule has 2 saturated heterocycles. The fourth-order valence-corrected chi connectivity index (χ4v) is 5.72. The quantitative estimate of drug-likeness (QED) is 0.520. The fraction of sp³-hybridized carbons (Fsp3) is 0.423. The summed E-state index contributed by atoms with van der Waals surface area (Å²) in [5.41, 5.74) is 3.81. The number of carbonyl (C=O) groups is 2. The molecule has 2 aliphatic heterocycles. The number of halogens is 1. The molecule has 35 heavy (non-hydrogen) atoms. The molecule has 0 bridgehead atoms. The SMILES string of the molecule is Cc1ccc2sc(N(CCN3CCOCC3)C(=O)C3CC(=O)N(c4ccc(F)cc4)C3)nc2c1C. The second-order valence-corrected chi connectivity index (χ2v) is 10.2. The molecule has 7 nitrogen and oxygen atoms in total. The molecule has 2 fully saturated rings. The van der Waals surface area contributed by atoms with E-state index in [2.05, 4.69) is 30.9 Å². The van der Waals surface area contributed by atoms with Gasteiger partial charge in [0.05, 0.1) is 29.3 Å². The summed E-state index contributed by atoms with van der Waals surface area (Å²) < 4.78 is 19.9. The van der Waals surface area contributed by atoms with E-state index in [1.807, 2.05) is 0 Å². The van der Waals surface area contributed by atoms with Crippen LogP contribution in [0.25, 0.3) is 10.2 Å². The van der Waals surface area contributed by atoms with Crippen LogP contribution in [0.2, 0.25) is 0 Å². The molecule has 0 saturated carbocycles. The lowest BCUT2D eigenvalue weighted by molar-refractivity contribution is -0.124. The zero-order valence-corrected chi connectivity index (χ0v) is 20.8. The third-order valence-corrected chi connectivity index (χ3v) is 7.97. The zero-order valence-electron chi connectivity index (χ0n) is 20.0. The van der Waals surface area contributed by atoms with Gasteiger partial charge < -0.3 is 9.64 Å². The highest BCUT2D eigenvalue weighted by Crippen LogP contribution is 2.34. The number of rotatable bonds is 6. The summed E-state index contributed by atoms with van der Waals surface area (Å²) in [6.45, 7) is 8.65. The van der Waals surface area contributed by atoms with Crippen molar-refractivity contribution in [3.8, 4) is 0 Å². The smallest absolute Gasteiger partial charge is 0.234 e. The maximum Gasteiger partial charge on any atom is 0.234 e. The van der Waals surface area contributed by atoms with E-state index in [9.17, 15) is 14.0 Å². The number of hydrogen-bond acceptors (Lipinski definition) is 6. The highest BCUT2D eigenvalue weighted by atomic mass is 32.1. The predicted octanol–water partition coefficient (Wildman–Crippen LogP) is 3.77. The number of aryl methyl sites for hydroxylation is 2. The third kappa shape index (κ3) is 4.94. The van der Waals surface area contributed by atoms with E-state index in [0.717, 1.165) is 34.4 Å². The van der Waals surface area contributed by atoms with Gasteiger partial charge in [-0.1, -0.05) is 17.4 Å². The second kappa shape index (κ2) is 10.0. The maximum absolute atomic E-state index is 13.8. The Hall–Kier alpha value is -2.88. The number of carbonyl (C=O) groups excluding carboxylic acids is 2. The molecule has 3 aromatic rings. The van der Waals surface area contributed by atoms with Crippen molar-refractivity contribution in [2.24, 2.45) is 5.92 Å². The number of fused-ring (bicyclic) bond motifs is 1. The van der Waals surface area contributed by atoms with Crippen LogP contribution >= 0.6 is 11.3 Å². The van der Waals surface area contributed by atoms with E-state index < -0.39 is 5.92 Å². The molecule has 1 atom stereocenters. The van der Waals surface area contributed by atoms with Gasteiger partial charge in [0.1, 0.15) is 5.82 Å². The van der Waals surface area contributed by atoms with Gasteiger partial charge in [0.2, 0.25) is 11.8 Å². The van der Waals surface area contributed by atoms with Crippen LogP contribution in [-0.2, 0) is 14.3 Å². The second-order valence-electron chi connectivity index (χ2n) is 9.18. The molecule has 184 valence electrons. The molecule has 0 spiro atoms. The van der Waals surface area contributed by atoms with Crippen molar-refractivity contribution >= 4 is 44.2 Å². The summed E-state index contributed by atoms with van der Waals surface area (Å²) in [5.74, 6) is -1.06. The summed E-state index contributed by atoms with van der Waals surface area (Å²) in [4.78, 5) is 37.1. The number of ether oxygens (including phenoxy) is 1. The van der Waals surface area contributed by atoms with Gasteiger partial charge in [-0.05, 0) is 55.3 Å². The molecular formula is C26H29FN4O3S. The van der Waals surface area contributed by atoms with Crippen LogP contribution in [0.15, 0.2) is 36.4 Å². The molecule has 1 unspecified atom stereocenters. The first-order chi connectivity index (χ1) is 16.9. The van der Waals surface area contributed by atoms with Gasteiger partial charge in [0.25, 0.3) is 0 Å². The lowest BCUT2D eigenvalue weighted by Crippen LogP contribution is -2.45. The zero-order chi connectivity index (χ0) is 24.5. The van der Waals surface area contributed by atoms with Crippen LogP contribution in [0, 0.1) is 25.6 Å². The molecule has 0 N–H and O–H groups in total. The van der Waals surface area contributed by atoms with Crippen LogP contribution in [-0.4, -0.2) is 67.6 Å². The van der Waals surface area contributed by atoms with Crippen molar-refractivity contribution in [1.82, 2.24) is 9.88 Å². The number of hydrogen-bond donors (Lipinski definition) is 0. The van der Waals surface area contributed by atoms with Crippen molar-refractivity contribution in [2.75, 3.05) is 55.7 Å². The average Bonchev–Trinajstić information content (AvgIpc) is 3.47. The van der Waals surface area contributed by atoms with E-state index in [1.54, 1.807) is 21.9 Å².